The average Bonchev–Trinajstić information content (AvgIpc) is 2.93. The van der Waals surface area contributed by atoms with Crippen LogP contribution in [0, 0.1) is 0 Å². The first-order chi connectivity index (χ1) is 12.3. The molecule has 0 saturated heterocycles. The van der Waals surface area contributed by atoms with E-state index in [1.54, 1.807) is 0 Å². The Morgan fingerprint density at radius 2 is 1.59 bits per heavy atom. The van der Waals surface area contributed by atoms with E-state index in [4.69, 9.17) is 4.74 Å². The summed E-state index contributed by atoms with van der Waals surface area (Å²) < 4.78 is 5.31. The van der Waals surface area contributed by atoms with Crippen molar-refractivity contribution in [1.29, 1.82) is 0 Å². The summed E-state index contributed by atoms with van der Waals surface area (Å²) in [6.45, 7) is 2.62. The molecule has 0 bridgehead atoms. The van der Waals surface area contributed by atoms with Crippen molar-refractivity contribution in [3.05, 3.63) is 59.7 Å². The predicted molar refractivity (Wildman–Crippen MR) is 106 cm³/mol. The highest BCUT2D eigenvalue weighted by Gasteiger charge is 2.40. The second kappa shape index (κ2) is 8.02. The van der Waals surface area contributed by atoms with Crippen LogP contribution in [-0.2, 0) is 9.53 Å². The molecule has 0 spiro atoms. The number of benzene rings is 2. The van der Waals surface area contributed by atoms with E-state index in [2.05, 4.69) is 5.32 Å². The fourth-order valence-electron chi connectivity index (χ4n) is 3.18. The van der Waals surface area contributed by atoms with Crippen molar-refractivity contribution in [3.63, 3.8) is 0 Å². The Bertz CT molecular complexity index is 808. The van der Waals surface area contributed by atoms with Crippen LogP contribution in [0.3, 0.4) is 0 Å². The van der Waals surface area contributed by atoms with Crippen molar-refractivity contribution in [2.24, 2.45) is 0 Å². The number of rotatable bonds is 5. The van der Waals surface area contributed by atoms with Crippen molar-refractivity contribution in [1.82, 2.24) is 5.32 Å². The van der Waals surface area contributed by atoms with Gasteiger partial charge in [-0.2, -0.15) is 13.5 Å². The Morgan fingerprint density at radius 1 is 1.11 bits per heavy atom. The zero-order valence-corrected chi connectivity index (χ0v) is 16.1. The number of aliphatic hydroxyl groups excluding tert-OH is 1. The van der Waals surface area contributed by atoms with Gasteiger partial charge in [-0.1, -0.05) is 48.5 Å². The maximum atomic E-state index is 12.1. The molecule has 7 heteroatoms. The Kier molecular flexibility index (Phi) is 6.18. The number of hydrogen-bond donors (Lipinski definition) is 3. The van der Waals surface area contributed by atoms with Gasteiger partial charge >= 0.3 is 12.1 Å². The van der Waals surface area contributed by atoms with E-state index < -0.39 is 23.7 Å². The van der Waals surface area contributed by atoms with Crippen LogP contribution in [0.15, 0.2) is 48.5 Å². The van der Waals surface area contributed by atoms with Gasteiger partial charge in [-0.25, -0.2) is 9.59 Å². The number of carboxylic acid groups (broad SMARTS) is 1. The van der Waals surface area contributed by atoms with Crippen LogP contribution in [0.5, 0.6) is 0 Å². The van der Waals surface area contributed by atoms with Gasteiger partial charge in [0.05, 0.1) is 6.10 Å². The zero-order chi connectivity index (χ0) is 18.9. The number of nitrogens with one attached hydrogen (secondary N) is 1. The van der Waals surface area contributed by atoms with Gasteiger partial charge in [0.1, 0.15) is 6.61 Å². The highest BCUT2D eigenvalue weighted by Crippen LogP contribution is 2.44. The summed E-state index contributed by atoms with van der Waals surface area (Å²) in [5.41, 5.74) is 2.53. The number of aliphatic hydroxyl groups is 1. The Morgan fingerprint density at radius 3 is 2.04 bits per heavy atom. The molecule has 0 unspecified atom stereocenters. The number of fused-ring (bicyclic) bond motifs is 3. The van der Waals surface area contributed by atoms with Crippen molar-refractivity contribution in [2.75, 3.05) is 6.61 Å². The van der Waals surface area contributed by atoms with E-state index in [9.17, 15) is 19.8 Å². The lowest BCUT2D eigenvalue weighted by molar-refractivity contribution is -0.148. The Labute approximate surface area is 164 Å². The summed E-state index contributed by atoms with van der Waals surface area (Å²) in [5, 5.41) is 21.2. The molecular weight excluding hydrogens is 366 g/mol. The van der Waals surface area contributed by atoms with Gasteiger partial charge < -0.3 is 20.3 Å². The first kappa shape index (κ1) is 20.8. The van der Waals surface area contributed by atoms with E-state index in [0.29, 0.717) is 0 Å². The lowest BCUT2D eigenvalue weighted by Crippen LogP contribution is -2.59. The topological polar surface area (TPSA) is 95.9 Å². The lowest BCUT2D eigenvalue weighted by atomic mass is 9.96. The number of carboxylic acids is 1. The molecule has 2 aromatic rings. The van der Waals surface area contributed by atoms with E-state index in [-0.39, 0.29) is 26.0 Å². The van der Waals surface area contributed by atoms with E-state index in [0.717, 1.165) is 22.3 Å². The van der Waals surface area contributed by atoms with Gasteiger partial charge in [0, 0.05) is 5.92 Å². The number of carbonyl (C=O) groups is 2. The summed E-state index contributed by atoms with van der Waals surface area (Å²) >= 11 is 0. The molecule has 0 fully saturated rings. The number of carbonyl (C=O) groups excluding carboxylic acids is 1. The SMILES string of the molecule is C[C@H](O)[C@@](C)(NC(=O)OCC1c2ccccc2-c2ccccc21)C(=O)O.S. The van der Waals surface area contributed by atoms with E-state index in [1.807, 2.05) is 48.5 Å². The number of hydrogen-bond acceptors (Lipinski definition) is 4. The first-order valence-corrected chi connectivity index (χ1v) is 8.39. The summed E-state index contributed by atoms with van der Waals surface area (Å²) in [6.07, 6.45) is -2.15. The van der Waals surface area contributed by atoms with Gasteiger partial charge in [-0.05, 0) is 36.1 Å². The molecule has 0 aliphatic heterocycles. The van der Waals surface area contributed by atoms with Crippen LogP contribution in [0.4, 0.5) is 4.79 Å². The first-order valence-electron chi connectivity index (χ1n) is 8.39. The third kappa shape index (κ3) is 3.79. The summed E-state index contributed by atoms with van der Waals surface area (Å²) in [6, 6.07) is 15.9. The minimum Gasteiger partial charge on any atom is -0.479 e. The molecule has 0 radical (unpaired) electrons. The smallest absolute Gasteiger partial charge is 0.408 e. The van der Waals surface area contributed by atoms with Crippen LogP contribution in [0.1, 0.15) is 30.9 Å². The maximum absolute atomic E-state index is 12.1. The predicted octanol–water partition coefficient (Wildman–Crippen LogP) is 2.86. The molecule has 2 atom stereocenters. The van der Waals surface area contributed by atoms with Crippen LogP contribution in [-0.4, -0.2) is 40.5 Å². The van der Waals surface area contributed by atoms with Gasteiger partial charge in [0.25, 0.3) is 0 Å². The molecule has 3 N–H and O–H groups in total. The standard InChI is InChI=1S/C20H21NO5.H2S/c1-12(22)20(2,18(23)24)21-19(25)26-11-17-15-9-5-3-7-13(15)14-8-4-6-10-16(14)17;/h3-10,12,17,22H,11H2,1-2H3,(H,21,25)(H,23,24);1H2/t12-,20+;/m0./s1. The Balaban J connectivity index is 0.00000261. The largest absolute Gasteiger partial charge is 0.479 e. The molecule has 6 nitrogen and oxygen atoms in total. The molecule has 1 aliphatic rings. The van der Waals surface area contributed by atoms with Crippen molar-refractivity contribution >= 4 is 25.6 Å². The van der Waals surface area contributed by atoms with E-state index in [1.165, 1.54) is 13.8 Å². The van der Waals surface area contributed by atoms with Gasteiger partial charge in [-0.3, -0.25) is 0 Å². The third-order valence-corrected chi connectivity index (χ3v) is 4.99. The molecule has 3 rings (SSSR count). The molecule has 0 saturated carbocycles. The molecular formula is C20H23NO5S. The highest BCUT2D eigenvalue weighted by molar-refractivity contribution is 7.59. The highest BCUT2D eigenvalue weighted by atomic mass is 32.1. The van der Waals surface area contributed by atoms with Crippen LogP contribution < -0.4 is 5.32 Å². The van der Waals surface area contributed by atoms with Crippen LogP contribution >= 0.6 is 13.5 Å². The zero-order valence-electron chi connectivity index (χ0n) is 15.1. The number of amides is 1. The number of aliphatic carboxylic acids is 1. The number of alkyl carbamates (subject to hydrolysis) is 1. The summed E-state index contributed by atoms with van der Waals surface area (Å²) in [5.74, 6) is -1.45. The minimum absolute atomic E-state index is 0. The third-order valence-electron chi connectivity index (χ3n) is 4.99. The van der Waals surface area contributed by atoms with Gasteiger partial charge in [-0.15, -0.1) is 0 Å². The fourth-order valence-corrected chi connectivity index (χ4v) is 3.18. The Hall–Kier alpha value is -2.51. The normalized spacial score (nSPS) is 15.5. The summed E-state index contributed by atoms with van der Waals surface area (Å²) in [7, 11) is 0. The lowest BCUT2D eigenvalue weighted by Gasteiger charge is -2.28. The average molecular weight is 389 g/mol. The monoisotopic (exact) mass is 389 g/mol. The fraction of sp³-hybridized carbons (Fsp3) is 0.300. The van der Waals surface area contributed by atoms with E-state index >= 15 is 0 Å². The molecule has 0 heterocycles. The maximum Gasteiger partial charge on any atom is 0.408 e. The molecule has 2 aromatic carbocycles. The second-order valence-corrected chi connectivity index (χ2v) is 6.63. The second-order valence-electron chi connectivity index (χ2n) is 6.63. The quantitative estimate of drug-likeness (QED) is 0.731. The van der Waals surface area contributed by atoms with Crippen LogP contribution in [0.25, 0.3) is 11.1 Å². The molecule has 1 aliphatic carbocycles. The van der Waals surface area contributed by atoms with Crippen LogP contribution in [0.2, 0.25) is 0 Å². The molecule has 144 valence electrons. The molecule has 0 aromatic heterocycles. The minimum atomic E-state index is -1.82. The van der Waals surface area contributed by atoms with Crippen molar-refractivity contribution in [3.8, 4) is 11.1 Å². The molecule has 27 heavy (non-hydrogen) atoms. The number of ether oxygens (including phenoxy) is 1. The van der Waals surface area contributed by atoms with Crippen molar-refractivity contribution < 1.29 is 24.5 Å². The molecule has 1 amide bonds. The van der Waals surface area contributed by atoms with Gasteiger partial charge in [0.15, 0.2) is 5.54 Å². The summed E-state index contributed by atoms with van der Waals surface area (Å²) in [4.78, 5) is 23.5. The van der Waals surface area contributed by atoms with Crippen molar-refractivity contribution in [2.45, 2.75) is 31.4 Å². The van der Waals surface area contributed by atoms with Gasteiger partial charge in [0.2, 0.25) is 0 Å².